The average molecular weight is 222 g/mol. The van der Waals surface area contributed by atoms with Crippen LogP contribution in [0.3, 0.4) is 0 Å². The van der Waals surface area contributed by atoms with E-state index in [9.17, 15) is 0 Å². The van der Waals surface area contributed by atoms with Crippen molar-refractivity contribution in [3.8, 4) is 0 Å². The van der Waals surface area contributed by atoms with Gasteiger partial charge >= 0.3 is 0 Å². The van der Waals surface area contributed by atoms with Crippen LogP contribution in [0.2, 0.25) is 0 Å². The molecule has 0 radical (unpaired) electrons. The number of rotatable bonds is 1. The van der Waals surface area contributed by atoms with E-state index in [1.165, 1.54) is 0 Å². The maximum Gasteiger partial charge on any atom is 0.0972 e. The number of hydrogen-bond acceptors (Lipinski definition) is 5. The van der Waals surface area contributed by atoms with Gasteiger partial charge in [-0.05, 0) is 31.9 Å². The van der Waals surface area contributed by atoms with Crippen LogP contribution in [0.15, 0.2) is 33.4 Å². The third kappa shape index (κ3) is 2.49. The van der Waals surface area contributed by atoms with Crippen LogP contribution in [0.25, 0.3) is 0 Å². The topological polar surface area (TPSA) is 40.0 Å². The minimum atomic E-state index is -0.158. The normalized spacial score (nSPS) is 23.8. The quantitative estimate of drug-likeness (QED) is 0.687. The molecular weight excluding hydrogens is 208 g/mol. The van der Waals surface area contributed by atoms with E-state index in [0.717, 1.165) is 10.6 Å². The highest BCUT2D eigenvalue weighted by atomic mass is 32.2. The lowest BCUT2D eigenvalue weighted by atomic mass is 10.1. The lowest BCUT2D eigenvalue weighted by molar-refractivity contribution is 0.444. The van der Waals surface area contributed by atoms with Crippen molar-refractivity contribution in [2.45, 2.75) is 19.4 Å². The van der Waals surface area contributed by atoms with Crippen LogP contribution in [0.5, 0.6) is 0 Å². The molecule has 0 fully saturated rings. The summed E-state index contributed by atoms with van der Waals surface area (Å²) in [7, 11) is 1.95. The van der Waals surface area contributed by atoms with Crippen LogP contribution in [0.4, 0.5) is 0 Å². The lowest BCUT2D eigenvalue weighted by Gasteiger charge is -2.11. The van der Waals surface area contributed by atoms with E-state index in [2.05, 4.69) is 28.7 Å². The highest BCUT2D eigenvalue weighted by Gasteiger charge is 2.17. The molecule has 0 aromatic carbocycles. The Kier molecular flexibility index (Phi) is 2.67. The van der Waals surface area contributed by atoms with E-state index in [4.69, 9.17) is 0 Å². The van der Waals surface area contributed by atoms with Gasteiger partial charge in [0, 0.05) is 25.7 Å². The van der Waals surface area contributed by atoms with Crippen LogP contribution >= 0.6 is 11.9 Å². The van der Waals surface area contributed by atoms with Crippen molar-refractivity contribution in [3.63, 3.8) is 0 Å². The fraction of sp³-hybridized carbons (Fsp3) is 0.400. The Morgan fingerprint density at radius 2 is 2.27 bits per heavy atom. The van der Waals surface area contributed by atoms with Crippen LogP contribution in [0, 0.1) is 0 Å². The predicted molar refractivity (Wildman–Crippen MR) is 65.7 cm³/mol. The van der Waals surface area contributed by atoms with Gasteiger partial charge in [-0.1, -0.05) is 0 Å². The number of aliphatic imine (C=N–C) groups is 2. The number of hydrogen-bond donors (Lipinski definition) is 1. The Bertz CT molecular complexity index is 379. The van der Waals surface area contributed by atoms with E-state index in [-0.39, 0.29) is 5.54 Å². The van der Waals surface area contributed by atoms with E-state index < -0.39 is 0 Å². The molecule has 2 aliphatic rings. The molecule has 4 nitrogen and oxygen atoms in total. The first-order chi connectivity index (χ1) is 7.07. The molecule has 0 aliphatic carbocycles. The monoisotopic (exact) mass is 222 g/mol. The molecule has 0 saturated carbocycles. The maximum atomic E-state index is 4.46. The van der Waals surface area contributed by atoms with Crippen LogP contribution in [-0.4, -0.2) is 29.5 Å². The summed E-state index contributed by atoms with van der Waals surface area (Å²) < 4.78 is 0. The summed E-state index contributed by atoms with van der Waals surface area (Å²) in [5, 5.41) is 1.90. The van der Waals surface area contributed by atoms with Crippen LogP contribution in [-0.2, 0) is 0 Å². The van der Waals surface area contributed by atoms with Crippen molar-refractivity contribution in [1.29, 1.82) is 0 Å². The van der Waals surface area contributed by atoms with Crippen molar-refractivity contribution in [2.75, 3.05) is 7.05 Å². The van der Waals surface area contributed by atoms with Crippen molar-refractivity contribution >= 4 is 23.9 Å². The summed E-state index contributed by atoms with van der Waals surface area (Å²) in [6.45, 7) is 4.11. The second kappa shape index (κ2) is 3.83. The van der Waals surface area contributed by atoms with Gasteiger partial charge in [0.25, 0.3) is 0 Å². The van der Waals surface area contributed by atoms with E-state index in [0.29, 0.717) is 0 Å². The smallest absolute Gasteiger partial charge is 0.0972 e. The van der Waals surface area contributed by atoms with Gasteiger partial charge in [-0.25, -0.2) is 0 Å². The van der Waals surface area contributed by atoms with Gasteiger partial charge in [0.05, 0.1) is 16.2 Å². The molecule has 2 heterocycles. The molecule has 1 N–H and O–H groups in total. The summed E-state index contributed by atoms with van der Waals surface area (Å²) in [5.74, 6) is 0. The first-order valence-electron chi connectivity index (χ1n) is 4.75. The summed E-state index contributed by atoms with van der Waals surface area (Å²) in [5.41, 5.74) is 0.743. The van der Waals surface area contributed by atoms with Crippen molar-refractivity contribution in [1.82, 2.24) is 9.84 Å². The highest BCUT2D eigenvalue weighted by molar-refractivity contribution is 8.02. The number of nitrogens with zero attached hydrogens (tertiary/aromatic N) is 3. The van der Waals surface area contributed by atoms with Gasteiger partial charge in [0.15, 0.2) is 0 Å². The third-order valence-electron chi connectivity index (χ3n) is 2.08. The minimum Gasteiger partial charge on any atom is -0.308 e. The average Bonchev–Trinajstić information content (AvgIpc) is 2.49. The molecule has 0 bridgehead atoms. The number of hydrazine groups is 1. The van der Waals surface area contributed by atoms with Crippen LogP contribution < -0.4 is 4.83 Å². The Labute approximate surface area is 94.0 Å². The Morgan fingerprint density at radius 3 is 2.93 bits per heavy atom. The van der Waals surface area contributed by atoms with E-state index in [1.807, 2.05) is 36.7 Å². The highest BCUT2D eigenvalue weighted by Crippen LogP contribution is 2.22. The first kappa shape index (κ1) is 10.4. The molecule has 80 valence electrons. The summed E-state index contributed by atoms with van der Waals surface area (Å²) in [4.78, 5) is 13.0. The standard InChI is InChI=1S/C10H14N4S/c1-10(2)4-5-11-8(6-12-10)9-7-14(3)13-15-9/h4-7,13H,1-3H3. The van der Waals surface area contributed by atoms with Crippen LogP contribution in [0.1, 0.15) is 13.8 Å². The minimum absolute atomic E-state index is 0.158. The van der Waals surface area contributed by atoms with Crippen molar-refractivity contribution in [3.05, 3.63) is 23.4 Å². The second-order valence-electron chi connectivity index (χ2n) is 4.04. The van der Waals surface area contributed by atoms with Gasteiger partial charge in [-0.15, -0.1) is 0 Å². The largest absolute Gasteiger partial charge is 0.308 e. The molecule has 5 heteroatoms. The van der Waals surface area contributed by atoms with E-state index >= 15 is 0 Å². The van der Waals surface area contributed by atoms with Gasteiger partial charge in [0.1, 0.15) is 0 Å². The molecule has 0 spiro atoms. The Morgan fingerprint density at radius 1 is 1.47 bits per heavy atom. The Hall–Kier alpha value is -1.07. The van der Waals surface area contributed by atoms with Crippen molar-refractivity contribution in [2.24, 2.45) is 9.98 Å². The van der Waals surface area contributed by atoms with Gasteiger partial charge < -0.3 is 5.01 Å². The summed E-state index contributed by atoms with van der Waals surface area (Å²) in [6.07, 6.45) is 7.65. The number of allylic oxidation sites excluding steroid dienone is 1. The maximum absolute atomic E-state index is 4.46. The zero-order valence-electron chi connectivity index (χ0n) is 9.06. The summed E-state index contributed by atoms with van der Waals surface area (Å²) in [6, 6.07) is 0. The fourth-order valence-corrected chi connectivity index (χ4v) is 1.92. The first-order valence-corrected chi connectivity index (χ1v) is 5.57. The molecule has 0 unspecified atom stereocenters. The second-order valence-corrected chi connectivity index (χ2v) is 4.87. The molecule has 0 atom stereocenters. The molecular formula is C10H14N4S. The molecule has 15 heavy (non-hydrogen) atoms. The number of nitrogens with one attached hydrogen (secondary N) is 1. The Balaban J connectivity index is 2.22. The SMILES string of the molecule is CN1C=C(C2=NC=CC(C)(C)N=C2)SN1. The molecule has 0 aromatic heterocycles. The third-order valence-corrected chi connectivity index (χ3v) is 2.99. The van der Waals surface area contributed by atoms with Gasteiger partial charge in [-0.2, -0.15) is 4.83 Å². The molecule has 2 rings (SSSR count). The van der Waals surface area contributed by atoms with Gasteiger partial charge in [0.2, 0.25) is 0 Å². The zero-order valence-corrected chi connectivity index (χ0v) is 9.88. The zero-order chi connectivity index (χ0) is 10.9. The van der Waals surface area contributed by atoms with Crippen molar-refractivity contribution < 1.29 is 0 Å². The molecule has 0 aromatic rings. The molecule has 0 amide bonds. The molecule has 0 saturated heterocycles. The van der Waals surface area contributed by atoms with E-state index in [1.54, 1.807) is 11.9 Å². The predicted octanol–water partition coefficient (Wildman–Crippen LogP) is 1.74. The lowest BCUT2D eigenvalue weighted by Crippen LogP contribution is -2.17. The summed E-state index contributed by atoms with van der Waals surface area (Å²) >= 11 is 1.55. The fourth-order valence-electron chi connectivity index (χ4n) is 1.20. The van der Waals surface area contributed by atoms with Gasteiger partial charge in [-0.3, -0.25) is 9.98 Å². The molecule has 2 aliphatic heterocycles.